The van der Waals surface area contributed by atoms with Gasteiger partial charge < -0.3 is 9.63 Å². The Morgan fingerprint density at radius 1 is 1.40 bits per heavy atom. The molecule has 0 fully saturated rings. The quantitative estimate of drug-likeness (QED) is 0.448. The average molecular weight is 145 g/mol. The Bertz CT molecular complexity index is 93.6. The lowest BCUT2D eigenvalue weighted by molar-refractivity contribution is -0.117. The number of nitrogens with two attached hydrogens (primary N) is 1. The van der Waals surface area contributed by atoms with Crippen molar-refractivity contribution in [1.29, 1.82) is 0 Å². The van der Waals surface area contributed by atoms with E-state index in [4.69, 9.17) is 5.90 Å². The Labute approximate surface area is 61.5 Å². The van der Waals surface area contributed by atoms with E-state index in [1.807, 2.05) is 0 Å². The second-order valence-corrected chi connectivity index (χ2v) is 2.38. The van der Waals surface area contributed by atoms with Crippen LogP contribution in [0.5, 0.6) is 0 Å². The summed E-state index contributed by atoms with van der Waals surface area (Å²) < 4.78 is 0. The molecular formula is C7H15NO2. The lowest BCUT2D eigenvalue weighted by atomic mass is 10.1. The number of hydrogen-bond donors (Lipinski definition) is 1. The SMILES string of the molecule is CC(=O)CCCCCON. The molecule has 3 heteroatoms. The topological polar surface area (TPSA) is 52.3 Å². The van der Waals surface area contributed by atoms with Crippen molar-refractivity contribution in [2.75, 3.05) is 6.61 Å². The van der Waals surface area contributed by atoms with Crippen molar-refractivity contribution in [1.82, 2.24) is 0 Å². The van der Waals surface area contributed by atoms with Crippen LogP contribution >= 0.6 is 0 Å². The first kappa shape index (κ1) is 9.59. The van der Waals surface area contributed by atoms with E-state index in [9.17, 15) is 4.79 Å². The monoisotopic (exact) mass is 145 g/mol. The maximum Gasteiger partial charge on any atom is 0.129 e. The summed E-state index contributed by atoms with van der Waals surface area (Å²) in [6, 6.07) is 0. The van der Waals surface area contributed by atoms with Gasteiger partial charge in [-0.3, -0.25) is 0 Å². The van der Waals surface area contributed by atoms with Gasteiger partial charge in [0, 0.05) is 6.42 Å². The zero-order valence-corrected chi connectivity index (χ0v) is 6.43. The minimum absolute atomic E-state index is 0.258. The normalized spacial score (nSPS) is 9.80. The summed E-state index contributed by atoms with van der Waals surface area (Å²) in [4.78, 5) is 14.8. The van der Waals surface area contributed by atoms with Crippen LogP contribution in [0.1, 0.15) is 32.6 Å². The molecule has 0 aromatic carbocycles. The van der Waals surface area contributed by atoms with Gasteiger partial charge in [0.05, 0.1) is 6.61 Å². The molecule has 0 radical (unpaired) electrons. The van der Waals surface area contributed by atoms with Crippen molar-refractivity contribution in [3.05, 3.63) is 0 Å². The van der Waals surface area contributed by atoms with Crippen LogP contribution in [0.25, 0.3) is 0 Å². The lowest BCUT2D eigenvalue weighted by Gasteiger charge is -1.96. The predicted molar refractivity (Wildman–Crippen MR) is 39.3 cm³/mol. The van der Waals surface area contributed by atoms with Crippen LogP contribution in [0.2, 0.25) is 0 Å². The summed E-state index contributed by atoms with van der Waals surface area (Å²) in [6.45, 7) is 2.21. The Morgan fingerprint density at radius 2 is 2.10 bits per heavy atom. The second-order valence-electron chi connectivity index (χ2n) is 2.38. The predicted octanol–water partition coefficient (Wildman–Crippen LogP) is 1.03. The van der Waals surface area contributed by atoms with E-state index in [2.05, 4.69) is 4.84 Å². The van der Waals surface area contributed by atoms with E-state index in [1.165, 1.54) is 0 Å². The van der Waals surface area contributed by atoms with Crippen molar-refractivity contribution in [2.24, 2.45) is 5.90 Å². The minimum atomic E-state index is 0.258. The van der Waals surface area contributed by atoms with Crippen LogP contribution in [-0.2, 0) is 9.63 Å². The van der Waals surface area contributed by atoms with Gasteiger partial charge in [-0.2, -0.15) is 0 Å². The number of rotatable bonds is 6. The van der Waals surface area contributed by atoms with Crippen LogP contribution in [0.15, 0.2) is 0 Å². The molecule has 0 unspecified atom stereocenters. The first-order valence-electron chi connectivity index (χ1n) is 3.58. The van der Waals surface area contributed by atoms with Gasteiger partial charge in [-0.05, 0) is 19.8 Å². The molecule has 10 heavy (non-hydrogen) atoms. The summed E-state index contributed by atoms with van der Waals surface area (Å²) in [6.07, 6.45) is 3.61. The Balaban J connectivity index is 2.84. The van der Waals surface area contributed by atoms with E-state index in [-0.39, 0.29) is 5.78 Å². The number of carbonyl (C=O) groups excluding carboxylic acids is 1. The molecular weight excluding hydrogens is 130 g/mol. The summed E-state index contributed by atoms with van der Waals surface area (Å²) >= 11 is 0. The molecule has 0 aliphatic carbocycles. The van der Waals surface area contributed by atoms with Crippen LogP contribution in [0, 0.1) is 0 Å². The zero-order chi connectivity index (χ0) is 7.82. The van der Waals surface area contributed by atoms with Gasteiger partial charge in [-0.1, -0.05) is 6.42 Å². The van der Waals surface area contributed by atoms with Crippen molar-refractivity contribution < 1.29 is 9.63 Å². The number of Topliss-reactive ketones (excluding diaryl/α,β-unsaturated/α-hetero) is 1. The summed E-state index contributed by atoms with van der Waals surface area (Å²) in [5.74, 6) is 5.06. The summed E-state index contributed by atoms with van der Waals surface area (Å²) in [5, 5.41) is 0. The number of carbonyl (C=O) groups is 1. The molecule has 60 valence electrons. The third-order valence-corrected chi connectivity index (χ3v) is 1.29. The van der Waals surface area contributed by atoms with Crippen LogP contribution in [0.3, 0.4) is 0 Å². The van der Waals surface area contributed by atoms with Crippen LogP contribution in [-0.4, -0.2) is 12.4 Å². The third-order valence-electron chi connectivity index (χ3n) is 1.29. The number of hydrogen-bond acceptors (Lipinski definition) is 3. The summed E-state index contributed by atoms with van der Waals surface area (Å²) in [5.41, 5.74) is 0. The maximum atomic E-state index is 10.4. The minimum Gasteiger partial charge on any atom is -0.305 e. The fraction of sp³-hybridized carbons (Fsp3) is 0.857. The number of unbranched alkanes of at least 4 members (excludes halogenated alkanes) is 2. The van der Waals surface area contributed by atoms with Crippen molar-refractivity contribution >= 4 is 5.78 Å². The molecule has 0 heterocycles. The van der Waals surface area contributed by atoms with Crippen molar-refractivity contribution in [3.63, 3.8) is 0 Å². The van der Waals surface area contributed by atoms with E-state index >= 15 is 0 Å². The molecule has 0 aliphatic rings. The van der Waals surface area contributed by atoms with Gasteiger partial charge in [0.1, 0.15) is 5.78 Å². The van der Waals surface area contributed by atoms with E-state index in [0.717, 1.165) is 19.3 Å². The fourth-order valence-corrected chi connectivity index (χ4v) is 0.736. The molecule has 0 aliphatic heterocycles. The largest absolute Gasteiger partial charge is 0.305 e. The fourth-order valence-electron chi connectivity index (χ4n) is 0.736. The molecule has 0 aromatic heterocycles. The van der Waals surface area contributed by atoms with Gasteiger partial charge in [-0.25, -0.2) is 5.90 Å². The first-order chi connectivity index (χ1) is 4.77. The van der Waals surface area contributed by atoms with Crippen LogP contribution < -0.4 is 5.90 Å². The van der Waals surface area contributed by atoms with Gasteiger partial charge in [0.25, 0.3) is 0 Å². The highest BCUT2D eigenvalue weighted by Crippen LogP contribution is 1.99. The Kier molecular flexibility index (Phi) is 6.43. The molecule has 0 saturated heterocycles. The third kappa shape index (κ3) is 7.59. The molecule has 2 N–H and O–H groups in total. The highest BCUT2D eigenvalue weighted by atomic mass is 16.6. The molecule has 0 rings (SSSR count). The molecule has 0 aromatic rings. The smallest absolute Gasteiger partial charge is 0.129 e. The van der Waals surface area contributed by atoms with Gasteiger partial charge in [-0.15, -0.1) is 0 Å². The van der Waals surface area contributed by atoms with E-state index in [0.29, 0.717) is 13.0 Å². The number of ketones is 1. The van der Waals surface area contributed by atoms with Crippen LogP contribution in [0.4, 0.5) is 0 Å². The molecule has 0 atom stereocenters. The Morgan fingerprint density at radius 3 is 2.60 bits per heavy atom. The highest BCUT2D eigenvalue weighted by Gasteiger charge is 1.92. The van der Waals surface area contributed by atoms with Crippen molar-refractivity contribution in [3.8, 4) is 0 Å². The molecule has 0 spiro atoms. The standard InChI is InChI=1S/C7H15NO2/c1-7(9)5-3-2-4-6-10-8/h2-6,8H2,1H3. The van der Waals surface area contributed by atoms with Gasteiger partial charge in [0.15, 0.2) is 0 Å². The molecule has 0 amide bonds. The van der Waals surface area contributed by atoms with E-state index < -0.39 is 0 Å². The summed E-state index contributed by atoms with van der Waals surface area (Å²) in [7, 11) is 0. The highest BCUT2D eigenvalue weighted by molar-refractivity contribution is 5.75. The molecule has 3 nitrogen and oxygen atoms in total. The van der Waals surface area contributed by atoms with E-state index in [1.54, 1.807) is 6.92 Å². The maximum absolute atomic E-state index is 10.4. The first-order valence-corrected chi connectivity index (χ1v) is 3.58. The Hall–Kier alpha value is -0.410. The van der Waals surface area contributed by atoms with Crippen molar-refractivity contribution in [2.45, 2.75) is 32.6 Å². The second kappa shape index (κ2) is 6.71. The molecule has 0 bridgehead atoms. The lowest BCUT2D eigenvalue weighted by Crippen LogP contribution is -2.00. The molecule has 0 saturated carbocycles. The zero-order valence-electron chi connectivity index (χ0n) is 6.43. The average Bonchev–Trinajstić information content (AvgIpc) is 1.87. The van der Waals surface area contributed by atoms with Gasteiger partial charge in [0.2, 0.25) is 0 Å². The van der Waals surface area contributed by atoms with Gasteiger partial charge >= 0.3 is 0 Å².